The van der Waals surface area contributed by atoms with Gasteiger partial charge in [-0.05, 0) is 51.0 Å². The molecule has 8 heteroatoms. The van der Waals surface area contributed by atoms with E-state index in [4.69, 9.17) is 11.6 Å². The largest absolute Gasteiger partial charge is 0.324 e. The van der Waals surface area contributed by atoms with E-state index >= 15 is 0 Å². The van der Waals surface area contributed by atoms with Gasteiger partial charge in [0.15, 0.2) is 0 Å². The van der Waals surface area contributed by atoms with E-state index in [1.54, 1.807) is 16.8 Å². The molecule has 0 aliphatic heterocycles. The fourth-order valence-corrected chi connectivity index (χ4v) is 3.26. The first-order valence-corrected chi connectivity index (χ1v) is 9.86. The average Bonchev–Trinajstić information content (AvgIpc) is 2.98. The minimum absolute atomic E-state index is 0.183. The summed E-state index contributed by atoms with van der Waals surface area (Å²) in [4.78, 5) is 30.1. The number of hydrogen-bond donors (Lipinski definition) is 1. The third-order valence-corrected chi connectivity index (χ3v) is 4.91. The molecule has 0 radical (unpaired) electrons. The van der Waals surface area contributed by atoms with Crippen molar-refractivity contribution in [1.29, 1.82) is 0 Å². The smallest absolute Gasteiger partial charge is 0.255 e. The third kappa shape index (κ3) is 4.74. The number of rotatable bonds is 6. The van der Waals surface area contributed by atoms with Crippen LogP contribution >= 0.6 is 11.6 Å². The van der Waals surface area contributed by atoms with Gasteiger partial charge in [0.05, 0.1) is 5.69 Å². The van der Waals surface area contributed by atoms with Crippen molar-refractivity contribution >= 4 is 23.2 Å². The van der Waals surface area contributed by atoms with Crippen LogP contribution in [0.25, 0.3) is 5.95 Å². The van der Waals surface area contributed by atoms with Crippen LogP contribution in [0.5, 0.6) is 0 Å². The molecule has 1 N–H and O–H groups in total. The maximum atomic E-state index is 12.8. The maximum Gasteiger partial charge on any atom is 0.255 e. The van der Waals surface area contributed by atoms with Crippen molar-refractivity contribution in [2.75, 3.05) is 5.32 Å². The fraction of sp³-hybridized carbons (Fsp3) is 0.333. The first-order chi connectivity index (χ1) is 13.8. The zero-order valence-electron chi connectivity index (χ0n) is 17.0. The molecule has 2 heterocycles. The highest BCUT2D eigenvalue weighted by molar-refractivity contribution is 6.31. The zero-order chi connectivity index (χ0) is 21.1. The predicted molar refractivity (Wildman–Crippen MR) is 114 cm³/mol. The number of aromatic nitrogens is 4. The van der Waals surface area contributed by atoms with Crippen molar-refractivity contribution in [2.45, 2.75) is 47.1 Å². The molecular formula is C21H24ClN5O2. The monoisotopic (exact) mass is 413 g/mol. The second-order valence-electron chi connectivity index (χ2n) is 7.07. The van der Waals surface area contributed by atoms with E-state index in [-0.39, 0.29) is 18.0 Å². The summed E-state index contributed by atoms with van der Waals surface area (Å²) in [7, 11) is 0. The summed E-state index contributed by atoms with van der Waals surface area (Å²) in [6, 6.07) is 8.66. The van der Waals surface area contributed by atoms with Gasteiger partial charge in [-0.15, -0.1) is 0 Å². The van der Waals surface area contributed by atoms with Crippen molar-refractivity contribution in [2.24, 2.45) is 0 Å². The van der Waals surface area contributed by atoms with E-state index < -0.39 is 0 Å². The maximum absolute atomic E-state index is 12.8. The lowest BCUT2D eigenvalue weighted by atomic mass is 10.2. The third-order valence-electron chi connectivity index (χ3n) is 4.50. The Morgan fingerprint density at radius 3 is 2.55 bits per heavy atom. The Bertz CT molecular complexity index is 1120. The van der Waals surface area contributed by atoms with Gasteiger partial charge in [-0.25, -0.2) is 9.67 Å². The van der Waals surface area contributed by atoms with Crippen LogP contribution in [0.15, 0.2) is 35.1 Å². The topological polar surface area (TPSA) is 81.8 Å². The molecular weight excluding hydrogens is 390 g/mol. The molecule has 2 aromatic heterocycles. The van der Waals surface area contributed by atoms with E-state index in [1.165, 1.54) is 10.6 Å². The molecule has 0 bridgehead atoms. The molecule has 0 saturated heterocycles. The van der Waals surface area contributed by atoms with E-state index in [0.29, 0.717) is 28.8 Å². The van der Waals surface area contributed by atoms with Gasteiger partial charge < -0.3 is 5.32 Å². The molecule has 152 valence electrons. The number of nitrogens with zero attached hydrogens (tertiary/aromatic N) is 4. The fourth-order valence-electron chi connectivity index (χ4n) is 3.08. The van der Waals surface area contributed by atoms with Crippen molar-refractivity contribution in [3.63, 3.8) is 0 Å². The summed E-state index contributed by atoms with van der Waals surface area (Å²) in [5.74, 6) is -0.0107. The van der Waals surface area contributed by atoms with Gasteiger partial charge in [0.25, 0.3) is 5.56 Å². The number of nitrogens with one attached hydrogen (secondary N) is 1. The lowest BCUT2D eigenvalue weighted by molar-refractivity contribution is -0.116. The van der Waals surface area contributed by atoms with Crippen LogP contribution in [-0.4, -0.2) is 25.2 Å². The molecule has 0 fully saturated rings. The highest BCUT2D eigenvalue weighted by atomic mass is 35.5. The number of hydrogen-bond acceptors (Lipinski definition) is 4. The Labute approximate surface area is 174 Å². The summed E-state index contributed by atoms with van der Waals surface area (Å²) < 4.78 is 2.94. The summed E-state index contributed by atoms with van der Waals surface area (Å²) >= 11 is 6.13. The van der Waals surface area contributed by atoms with Crippen LogP contribution in [0.4, 0.5) is 5.69 Å². The Kier molecular flexibility index (Phi) is 6.17. The SMILES string of the molecule is CCCc1cc(=O)n(CC(=O)Nc2ccc(C)c(Cl)c2)c(-n2nc(C)cc2C)n1. The van der Waals surface area contributed by atoms with E-state index in [1.807, 2.05) is 39.8 Å². The Morgan fingerprint density at radius 1 is 1.17 bits per heavy atom. The van der Waals surface area contributed by atoms with Gasteiger partial charge in [0.2, 0.25) is 11.9 Å². The normalized spacial score (nSPS) is 10.9. The van der Waals surface area contributed by atoms with Crippen LogP contribution in [0.3, 0.4) is 0 Å². The molecule has 1 aromatic carbocycles. The number of amides is 1. The Balaban J connectivity index is 1.97. The quantitative estimate of drug-likeness (QED) is 0.669. The summed E-state index contributed by atoms with van der Waals surface area (Å²) in [5.41, 5.74) is 3.53. The molecule has 7 nitrogen and oxygen atoms in total. The van der Waals surface area contributed by atoms with Crippen molar-refractivity contribution in [1.82, 2.24) is 19.3 Å². The molecule has 3 aromatic rings. The van der Waals surface area contributed by atoms with Gasteiger partial charge in [-0.3, -0.25) is 14.2 Å². The zero-order valence-corrected chi connectivity index (χ0v) is 17.7. The van der Waals surface area contributed by atoms with Crippen LogP contribution in [0.1, 0.15) is 36.0 Å². The molecule has 29 heavy (non-hydrogen) atoms. The van der Waals surface area contributed by atoms with E-state index in [9.17, 15) is 9.59 Å². The van der Waals surface area contributed by atoms with Crippen LogP contribution < -0.4 is 10.9 Å². The highest BCUT2D eigenvalue weighted by Gasteiger charge is 2.16. The second kappa shape index (κ2) is 8.61. The van der Waals surface area contributed by atoms with Crippen LogP contribution in [0.2, 0.25) is 5.02 Å². The van der Waals surface area contributed by atoms with Gasteiger partial charge in [0, 0.05) is 28.2 Å². The van der Waals surface area contributed by atoms with E-state index in [0.717, 1.165) is 23.4 Å². The standard InChI is InChI=1S/C21H24ClN5O2/c1-5-6-16-11-20(29)26(21(24-16)27-15(4)9-14(3)25-27)12-19(28)23-17-8-7-13(2)18(22)10-17/h7-11H,5-6,12H2,1-4H3,(H,23,28). The minimum Gasteiger partial charge on any atom is -0.324 e. The molecule has 0 unspecified atom stereocenters. The van der Waals surface area contributed by atoms with Crippen molar-refractivity contribution < 1.29 is 4.79 Å². The van der Waals surface area contributed by atoms with Gasteiger partial charge in [-0.2, -0.15) is 5.10 Å². The van der Waals surface area contributed by atoms with Crippen molar-refractivity contribution in [3.8, 4) is 5.95 Å². The first-order valence-electron chi connectivity index (χ1n) is 9.49. The second-order valence-corrected chi connectivity index (χ2v) is 7.48. The number of anilines is 1. The number of aryl methyl sites for hydroxylation is 4. The number of halogens is 1. The molecule has 3 rings (SSSR count). The summed E-state index contributed by atoms with van der Waals surface area (Å²) in [6.07, 6.45) is 1.54. The van der Waals surface area contributed by atoms with Crippen LogP contribution in [0, 0.1) is 20.8 Å². The predicted octanol–water partition coefficient (Wildman–Crippen LogP) is 3.60. The van der Waals surface area contributed by atoms with Crippen molar-refractivity contribution in [3.05, 3.63) is 68.4 Å². The molecule has 1 amide bonds. The van der Waals surface area contributed by atoms with Gasteiger partial charge in [0.1, 0.15) is 6.54 Å². The van der Waals surface area contributed by atoms with E-state index in [2.05, 4.69) is 15.4 Å². The molecule has 0 spiro atoms. The Hall–Kier alpha value is -2.93. The minimum atomic E-state index is -0.347. The molecule has 0 saturated carbocycles. The molecule has 0 aliphatic carbocycles. The van der Waals surface area contributed by atoms with Gasteiger partial charge in [-0.1, -0.05) is 31.0 Å². The van der Waals surface area contributed by atoms with Gasteiger partial charge >= 0.3 is 0 Å². The first kappa shape index (κ1) is 20.8. The molecule has 0 aliphatic rings. The lowest BCUT2D eigenvalue weighted by Crippen LogP contribution is -2.32. The lowest BCUT2D eigenvalue weighted by Gasteiger charge is -2.14. The van der Waals surface area contributed by atoms with Crippen LogP contribution in [-0.2, 0) is 17.8 Å². The number of carbonyl (C=O) groups excluding carboxylic acids is 1. The average molecular weight is 414 g/mol. The Morgan fingerprint density at radius 2 is 1.93 bits per heavy atom. The summed E-state index contributed by atoms with van der Waals surface area (Å²) in [5, 5.41) is 7.79. The summed E-state index contributed by atoms with van der Waals surface area (Å²) in [6.45, 7) is 7.48. The number of carbonyl (C=O) groups is 1. The molecule has 0 atom stereocenters. The highest BCUT2D eigenvalue weighted by Crippen LogP contribution is 2.20. The number of benzene rings is 1.